The Morgan fingerprint density at radius 1 is 1.04 bits per heavy atom. The van der Waals surface area contributed by atoms with Gasteiger partial charge in [0.05, 0.1) is 17.1 Å². The Hall–Kier alpha value is -2.43. The predicted molar refractivity (Wildman–Crippen MR) is 88.9 cm³/mol. The molecule has 0 saturated heterocycles. The number of halogens is 2. The van der Waals surface area contributed by atoms with Gasteiger partial charge < -0.3 is 5.32 Å². The molecule has 120 valence electrons. The summed E-state index contributed by atoms with van der Waals surface area (Å²) in [5, 5.41) is 3.31. The Bertz CT molecular complexity index is 839. The zero-order valence-electron chi connectivity index (χ0n) is 13.3. The maximum Gasteiger partial charge on any atom is 0.320 e. The smallest absolute Gasteiger partial charge is 0.320 e. The number of rotatable bonds is 4. The van der Waals surface area contributed by atoms with Gasteiger partial charge in [-0.1, -0.05) is 24.3 Å². The second-order valence-corrected chi connectivity index (χ2v) is 5.72. The van der Waals surface area contributed by atoms with E-state index in [0.29, 0.717) is 16.9 Å². The number of alkyl halides is 2. The maximum atomic E-state index is 13.5. The fourth-order valence-corrected chi connectivity index (χ4v) is 2.78. The third kappa shape index (κ3) is 2.79. The first-order valence-electron chi connectivity index (χ1n) is 7.57. The van der Waals surface area contributed by atoms with Gasteiger partial charge in [-0.2, -0.15) is 8.78 Å². The third-order valence-electron chi connectivity index (χ3n) is 4.18. The lowest BCUT2D eigenvalue weighted by Gasteiger charge is -2.19. The average Bonchev–Trinajstić information content (AvgIpc) is 2.91. The zero-order chi connectivity index (χ0) is 16.6. The first-order chi connectivity index (χ1) is 11.0. The molecule has 0 aliphatic heterocycles. The van der Waals surface area contributed by atoms with Crippen LogP contribution >= 0.6 is 0 Å². The summed E-state index contributed by atoms with van der Waals surface area (Å²) in [5.41, 5.74) is 4.23. The fourth-order valence-electron chi connectivity index (χ4n) is 2.78. The Morgan fingerprint density at radius 3 is 2.52 bits per heavy atom. The number of hydrogen-bond donors (Lipinski definition) is 1. The van der Waals surface area contributed by atoms with Crippen LogP contribution in [0.1, 0.15) is 36.5 Å². The van der Waals surface area contributed by atoms with Crippen molar-refractivity contribution in [2.75, 3.05) is 5.32 Å². The molecule has 1 unspecified atom stereocenters. The van der Waals surface area contributed by atoms with Crippen molar-refractivity contribution >= 4 is 16.7 Å². The van der Waals surface area contributed by atoms with Crippen LogP contribution in [0.15, 0.2) is 42.5 Å². The van der Waals surface area contributed by atoms with E-state index in [1.54, 1.807) is 24.3 Å². The zero-order valence-corrected chi connectivity index (χ0v) is 13.3. The molecule has 5 heteroatoms. The van der Waals surface area contributed by atoms with Crippen molar-refractivity contribution in [3.05, 3.63) is 59.4 Å². The van der Waals surface area contributed by atoms with E-state index < -0.39 is 6.55 Å². The van der Waals surface area contributed by atoms with Crippen LogP contribution in [0.2, 0.25) is 0 Å². The Balaban J connectivity index is 2.02. The summed E-state index contributed by atoms with van der Waals surface area (Å²) >= 11 is 0. The molecule has 1 N–H and O–H groups in total. The molecule has 0 fully saturated rings. The number of fused-ring (bicyclic) bond motifs is 1. The Labute approximate surface area is 134 Å². The summed E-state index contributed by atoms with van der Waals surface area (Å²) in [6, 6.07) is 12.6. The van der Waals surface area contributed by atoms with Crippen molar-refractivity contribution in [2.24, 2.45) is 0 Å². The van der Waals surface area contributed by atoms with Crippen LogP contribution in [0, 0.1) is 13.8 Å². The van der Waals surface area contributed by atoms with Crippen molar-refractivity contribution in [3.8, 4) is 0 Å². The number of aromatic nitrogens is 2. The summed E-state index contributed by atoms with van der Waals surface area (Å²) in [6.07, 6.45) is 0. The monoisotopic (exact) mass is 315 g/mol. The highest BCUT2D eigenvalue weighted by Crippen LogP contribution is 2.29. The summed E-state index contributed by atoms with van der Waals surface area (Å²) in [4.78, 5) is 4.40. The second-order valence-electron chi connectivity index (χ2n) is 5.72. The molecule has 23 heavy (non-hydrogen) atoms. The number of para-hydroxylation sites is 2. The molecule has 0 spiro atoms. The molecule has 0 amide bonds. The van der Waals surface area contributed by atoms with Gasteiger partial charge in [-0.15, -0.1) is 0 Å². The fraction of sp³-hybridized carbons (Fsp3) is 0.278. The van der Waals surface area contributed by atoms with Crippen LogP contribution < -0.4 is 5.32 Å². The number of imidazole rings is 1. The molecule has 1 aromatic heterocycles. The quantitative estimate of drug-likeness (QED) is 0.715. The predicted octanol–water partition coefficient (Wildman–Crippen LogP) is 5.22. The summed E-state index contributed by atoms with van der Waals surface area (Å²) in [5.74, 6) is 0.335. The molecule has 0 aliphatic carbocycles. The highest BCUT2D eigenvalue weighted by molar-refractivity contribution is 5.76. The van der Waals surface area contributed by atoms with Gasteiger partial charge in [0.2, 0.25) is 0 Å². The first-order valence-corrected chi connectivity index (χ1v) is 7.57. The van der Waals surface area contributed by atoms with E-state index >= 15 is 0 Å². The normalized spacial score (nSPS) is 12.8. The van der Waals surface area contributed by atoms with E-state index in [1.807, 2.05) is 39.0 Å². The molecular weight excluding hydrogens is 296 g/mol. The first kappa shape index (κ1) is 15.5. The molecule has 1 atom stereocenters. The van der Waals surface area contributed by atoms with Crippen LogP contribution in [0.3, 0.4) is 0 Å². The van der Waals surface area contributed by atoms with Crippen molar-refractivity contribution in [3.63, 3.8) is 0 Å². The molecule has 3 rings (SSSR count). The van der Waals surface area contributed by atoms with E-state index in [2.05, 4.69) is 10.3 Å². The van der Waals surface area contributed by atoms with Crippen LogP contribution in [0.25, 0.3) is 11.0 Å². The van der Waals surface area contributed by atoms with Gasteiger partial charge >= 0.3 is 6.55 Å². The van der Waals surface area contributed by atoms with E-state index in [9.17, 15) is 8.78 Å². The van der Waals surface area contributed by atoms with Gasteiger partial charge in [0, 0.05) is 5.69 Å². The number of nitrogens with zero attached hydrogens (tertiary/aromatic N) is 2. The summed E-state index contributed by atoms with van der Waals surface area (Å²) < 4.78 is 28.1. The lowest BCUT2D eigenvalue weighted by atomic mass is 10.1. The number of nitrogens with one attached hydrogen (secondary N) is 1. The van der Waals surface area contributed by atoms with Crippen molar-refractivity contribution < 1.29 is 8.78 Å². The Morgan fingerprint density at radius 2 is 1.78 bits per heavy atom. The molecule has 0 aliphatic rings. The van der Waals surface area contributed by atoms with Crippen LogP contribution in [0.4, 0.5) is 14.5 Å². The van der Waals surface area contributed by atoms with Crippen molar-refractivity contribution in [2.45, 2.75) is 33.4 Å². The topological polar surface area (TPSA) is 29.9 Å². The van der Waals surface area contributed by atoms with Gasteiger partial charge in [0.1, 0.15) is 5.82 Å². The number of aryl methyl sites for hydroxylation is 1. The van der Waals surface area contributed by atoms with Gasteiger partial charge in [0.15, 0.2) is 0 Å². The molecular formula is C18H19F2N3. The molecule has 2 aromatic carbocycles. The number of anilines is 1. The largest absolute Gasteiger partial charge is 0.375 e. The van der Waals surface area contributed by atoms with Gasteiger partial charge in [-0.25, -0.2) is 4.98 Å². The van der Waals surface area contributed by atoms with Gasteiger partial charge in [-0.05, 0) is 50.1 Å². The summed E-state index contributed by atoms with van der Waals surface area (Å²) in [7, 11) is 0. The van der Waals surface area contributed by atoms with E-state index in [1.165, 1.54) is 0 Å². The molecule has 0 radical (unpaired) electrons. The average molecular weight is 315 g/mol. The van der Waals surface area contributed by atoms with E-state index in [0.717, 1.165) is 21.4 Å². The minimum absolute atomic E-state index is 0.335. The van der Waals surface area contributed by atoms with E-state index in [4.69, 9.17) is 0 Å². The molecule has 0 saturated carbocycles. The minimum Gasteiger partial charge on any atom is -0.375 e. The molecule has 1 heterocycles. The Kier molecular flexibility index (Phi) is 4.03. The number of benzene rings is 2. The molecule has 0 bridgehead atoms. The summed E-state index contributed by atoms with van der Waals surface area (Å²) in [6.45, 7) is 3.27. The lowest BCUT2D eigenvalue weighted by Crippen LogP contribution is -2.15. The van der Waals surface area contributed by atoms with Crippen LogP contribution in [-0.2, 0) is 0 Å². The number of hydrogen-bond acceptors (Lipinski definition) is 2. The minimum atomic E-state index is -2.62. The standard InChI is InChI=1S/C18H19F2N3/c1-11-7-6-9-14(12(11)2)21-13(3)17-22-15-8-4-5-10-16(15)23(17)18(19)20/h4-10,13,18,21H,1-3H3. The lowest BCUT2D eigenvalue weighted by molar-refractivity contribution is 0.0708. The molecule has 3 aromatic rings. The van der Waals surface area contributed by atoms with E-state index in [-0.39, 0.29) is 6.04 Å². The third-order valence-corrected chi connectivity index (χ3v) is 4.18. The van der Waals surface area contributed by atoms with Gasteiger partial charge in [0.25, 0.3) is 0 Å². The highest BCUT2D eigenvalue weighted by Gasteiger charge is 2.22. The van der Waals surface area contributed by atoms with Crippen molar-refractivity contribution in [1.82, 2.24) is 9.55 Å². The second kappa shape index (κ2) is 5.99. The van der Waals surface area contributed by atoms with Gasteiger partial charge in [-0.3, -0.25) is 4.57 Å². The molecule has 3 nitrogen and oxygen atoms in total. The maximum absolute atomic E-state index is 13.5. The van der Waals surface area contributed by atoms with Crippen molar-refractivity contribution in [1.29, 1.82) is 0 Å². The SMILES string of the molecule is Cc1cccc(NC(C)c2nc3ccccc3n2C(F)F)c1C. The van der Waals surface area contributed by atoms with Crippen LogP contribution in [0.5, 0.6) is 0 Å². The van der Waals surface area contributed by atoms with Crippen LogP contribution in [-0.4, -0.2) is 9.55 Å². The highest BCUT2D eigenvalue weighted by atomic mass is 19.3.